The smallest absolute Gasteiger partial charge is 0.408 e. The molecule has 4 rings (SSSR count). The molecular weight excluding hydrogens is 638 g/mol. The topological polar surface area (TPSA) is 246 Å². The number of carbonyl (C=O) groups excluding carboxylic acids is 1. The highest BCUT2D eigenvalue weighted by Crippen LogP contribution is 2.33. The summed E-state index contributed by atoms with van der Waals surface area (Å²) in [4.78, 5) is 12.6. The molecule has 2 heterocycles. The van der Waals surface area contributed by atoms with E-state index in [0.717, 1.165) is 0 Å². The monoisotopic (exact) mass is 687 g/mol. The zero-order valence-electron chi connectivity index (χ0n) is 27.2. The number of aliphatic hydroxyl groups is 3. The van der Waals surface area contributed by atoms with E-state index in [1.807, 2.05) is 0 Å². The highest BCUT2D eigenvalue weighted by Gasteiger charge is 2.52. The summed E-state index contributed by atoms with van der Waals surface area (Å²) >= 11 is 0. The van der Waals surface area contributed by atoms with E-state index in [0.29, 0.717) is 5.76 Å². The third kappa shape index (κ3) is 9.18. The summed E-state index contributed by atoms with van der Waals surface area (Å²) in [5.41, 5.74) is 10.1. The number of nitrogens with one attached hydrogen (secondary N) is 3. The van der Waals surface area contributed by atoms with Crippen LogP contribution in [0, 0.1) is 0 Å². The molecule has 0 bridgehead atoms. The number of ether oxygens (including phenoxy) is 5. The van der Waals surface area contributed by atoms with E-state index in [1.165, 1.54) is 19.1 Å². The van der Waals surface area contributed by atoms with Gasteiger partial charge in [-0.2, -0.15) is 0 Å². The minimum absolute atomic E-state index is 0.0202. The molecule has 1 saturated carbocycles. The Kier molecular flexibility index (Phi) is 11.9. The van der Waals surface area contributed by atoms with Crippen LogP contribution in [0.25, 0.3) is 0 Å². The average Bonchev–Trinajstić information content (AvgIpc) is 2.98. The van der Waals surface area contributed by atoms with Gasteiger partial charge in [0.25, 0.3) is 0 Å². The number of nitrogens with two attached hydrogens (primary N) is 2. The van der Waals surface area contributed by atoms with Crippen LogP contribution >= 0.6 is 0 Å². The van der Waals surface area contributed by atoms with E-state index in [1.54, 1.807) is 52.1 Å². The molecule has 11 atom stereocenters. The van der Waals surface area contributed by atoms with Crippen LogP contribution < -0.4 is 26.8 Å². The Morgan fingerprint density at radius 1 is 1.09 bits per heavy atom. The number of hydrogen-bond donors (Lipinski definition) is 8. The van der Waals surface area contributed by atoms with Crippen molar-refractivity contribution in [1.29, 1.82) is 0 Å². The Balaban J connectivity index is 1.61. The molecule has 0 spiro atoms. The van der Waals surface area contributed by atoms with E-state index < -0.39 is 88.5 Å². The number of aliphatic hydroxyl groups excluding tert-OH is 2. The summed E-state index contributed by atoms with van der Waals surface area (Å²) in [5.74, 6) is 0.390. The number of likely N-dealkylation sites (N-methyl/N-ethyl adjacent to an activating group) is 1. The third-order valence-corrected chi connectivity index (χ3v) is 9.71. The van der Waals surface area contributed by atoms with Crippen molar-refractivity contribution in [3.8, 4) is 0 Å². The van der Waals surface area contributed by atoms with Crippen molar-refractivity contribution >= 4 is 16.1 Å². The second kappa shape index (κ2) is 15.0. The van der Waals surface area contributed by atoms with Crippen molar-refractivity contribution < 1.29 is 52.2 Å². The first kappa shape index (κ1) is 37.4. The number of hydrogen-bond acceptors (Lipinski definition) is 14. The molecule has 2 fully saturated rings. The zero-order valence-corrected chi connectivity index (χ0v) is 28.1. The molecule has 0 radical (unpaired) electrons. The molecule has 16 nitrogen and oxygen atoms in total. The Hall–Kier alpha value is -2.42. The van der Waals surface area contributed by atoms with Crippen LogP contribution in [0.4, 0.5) is 4.79 Å². The van der Waals surface area contributed by atoms with Crippen molar-refractivity contribution in [2.24, 2.45) is 11.5 Å². The lowest BCUT2D eigenvalue weighted by Crippen LogP contribution is -2.69. The standard InChI is InChI=1S/C30H49N5O11S/c1-29(2,3)46-28(38)34-19-12-11-16(14-31)43-26(19)44-23-18(32)13-20(35-47(40,41)17-9-7-6-8-10-17)24(21(23)36)45-27-22(37)25(33-5)30(4,39)15-42-27/h6-11,18-27,33,35-37,39H,12-15,31-32H2,1-5H3,(H,34,38)/t18-,19+,20+,21-,22+,23+,24-,25+,26+,27+,30-/m0/s1. The number of amides is 1. The molecule has 2 aliphatic heterocycles. The van der Waals surface area contributed by atoms with E-state index in [-0.39, 0.29) is 30.9 Å². The Labute approximate surface area is 275 Å². The second-order valence-corrected chi connectivity index (χ2v) is 15.0. The minimum atomic E-state index is -4.12. The predicted molar refractivity (Wildman–Crippen MR) is 168 cm³/mol. The first-order valence-corrected chi connectivity index (χ1v) is 17.0. The molecule has 1 aromatic carbocycles. The number of rotatable bonds is 10. The molecule has 3 aliphatic rings. The molecule has 0 aromatic heterocycles. The molecule has 1 aliphatic carbocycles. The van der Waals surface area contributed by atoms with Crippen molar-refractivity contribution in [3.63, 3.8) is 0 Å². The van der Waals surface area contributed by atoms with Crippen molar-refractivity contribution in [2.45, 2.75) is 118 Å². The molecule has 1 amide bonds. The summed E-state index contributed by atoms with van der Waals surface area (Å²) in [7, 11) is -2.57. The van der Waals surface area contributed by atoms with Gasteiger partial charge in [-0.05, 0) is 65.8 Å². The molecule has 47 heavy (non-hydrogen) atoms. The van der Waals surface area contributed by atoms with Gasteiger partial charge in [-0.15, -0.1) is 0 Å². The van der Waals surface area contributed by atoms with Gasteiger partial charge in [-0.3, -0.25) is 0 Å². The van der Waals surface area contributed by atoms with E-state index in [4.69, 9.17) is 35.2 Å². The molecular formula is C30H49N5O11S. The highest BCUT2D eigenvalue weighted by molar-refractivity contribution is 7.89. The van der Waals surface area contributed by atoms with Gasteiger partial charge in [0.15, 0.2) is 6.29 Å². The summed E-state index contributed by atoms with van der Waals surface area (Å²) < 4.78 is 58.7. The minimum Gasteiger partial charge on any atom is -0.466 e. The van der Waals surface area contributed by atoms with Gasteiger partial charge >= 0.3 is 6.09 Å². The first-order chi connectivity index (χ1) is 22.0. The maximum absolute atomic E-state index is 13.4. The summed E-state index contributed by atoms with van der Waals surface area (Å²) in [6, 6.07) is 3.91. The van der Waals surface area contributed by atoms with Crippen LogP contribution in [0.15, 0.2) is 47.1 Å². The van der Waals surface area contributed by atoms with Crippen LogP contribution in [0.5, 0.6) is 0 Å². The molecule has 1 aromatic rings. The number of sulfonamides is 1. The number of alkyl carbamates (subject to hydrolysis) is 1. The van der Waals surface area contributed by atoms with Crippen LogP contribution in [-0.4, -0.2) is 122 Å². The van der Waals surface area contributed by atoms with Crippen LogP contribution in [0.3, 0.4) is 0 Å². The van der Waals surface area contributed by atoms with Crippen LogP contribution in [-0.2, 0) is 33.7 Å². The van der Waals surface area contributed by atoms with E-state index in [9.17, 15) is 28.5 Å². The molecule has 1 saturated heterocycles. The van der Waals surface area contributed by atoms with E-state index >= 15 is 0 Å². The molecule has 0 unspecified atom stereocenters. The summed E-state index contributed by atoms with van der Waals surface area (Å²) in [6.45, 7) is 6.45. The van der Waals surface area contributed by atoms with Gasteiger partial charge in [0.1, 0.15) is 41.4 Å². The zero-order chi connectivity index (χ0) is 34.7. The first-order valence-electron chi connectivity index (χ1n) is 15.5. The van der Waals surface area contributed by atoms with Gasteiger partial charge in [0.05, 0.1) is 36.2 Å². The van der Waals surface area contributed by atoms with Crippen molar-refractivity contribution in [1.82, 2.24) is 15.4 Å². The molecule has 266 valence electrons. The maximum Gasteiger partial charge on any atom is 0.408 e. The normalized spacial score (nSPS) is 36.6. The Morgan fingerprint density at radius 3 is 2.36 bits per heavy atom. The fraction of sp³-hybridized carbons (Fsp3) is 0.700. The van der Waals surface area contributed by atoms with Crippen LogP contribution in [0.1, 0.15) is 40.5 Å². The molecule has 17 heteroatoms. The van der Waals surface area contributed by atoms with Gasteiger partial charge in [0, 0.05) is 6.04 Å². The van der Waals surface area contributed by atoms with Crippen molar-refractivity contribution in [2.75, 3.05) is 20.2 Å². The summed E-state index contributed by atoms with van der Waals surface area (Å²) in [5, 5.41) is 39.1. The lowest BCUT2D eigenvalue weighted by atomic mass is 9.84. The number of benzene rings is 1. The lowest BCUT2D eigenvalue weighted by Gasteiger charge is -2.48. The predicted octanol–water partition coefficient (Wildman–Crippen LogP) is -1.27. The second-order valence-electron chi connectivity index (χ2n) is 13.3. The largest absolute Gasteiger partial charge is 0.466 e. The van der Waals surface area contributed by atoms with Crippen molar-refractivity contribution in [3.05, 3.63) is 42.2 Å². The van der Waals surface area contributed by atoms with Gasteiger partial charge < -0.3 is 61.1 Å². The average molecular weight is 688 g/mol. The SMILES string of the molecule is CN[C@@H]1[C@@H](O)[C@@H](O[C@@H]2[C@@H](O)[C@H](O[C@H]3OC(CN)=CC[C@H]3NC(=O)OC(C)(C)C)[C@@H](N)C[C@H]2NS(=O)(=O)c2ccccc2)OC[C@]1(C)O. The quantitative estimate of drug-likeness (QED) is 0.143. The fourth-order valence-corrected chi connectivity index (χ4v) is 7.22. The Bertz CT molecular complexity index is 1340. The van der Waals surface area contributed by atoms with Crippen LogP contribution in [0.2, 0.25) is 0 Å². The van der Waals surface area contributed by atoms with Gasteiger partial charge in [0.2, 0.25) is 16.3 Å². The fourth-order valence-electron chi connectivity index (χ4n) is 5.94. The Morgan fingerprint density at radius 2 is 1.74 bits per heavy atom. The lowest BCUT2D eigenvalue weighted by molar-refractivity contribution is -0.303. The van der Waals surface area contributed by atoms with E-state index in [2.05, 4.69) is 15.4 Å². The van der Waals surface area contributed by atoms with Gasteiger partial charge in [-0.1, -0.05) is 18.2 Å². The van der Waals surface area contributed by atoms with Gasteiger partial charge in [-0.25, -0.2) is 17.9 Å². The maximum atomic E-state index is 13.4. The third-order valence-electron chi connectivity index (χ3n) is 8.20. The summed E-state index contributed by atoms with van der Waals surface area (Å²) in [6.07, 6.45) is -6.99. The molecule has 10 N–H and O–H groups in total. The number of carbonyl (C=O) groups is 1. The highest BCUT2D eigenvalue weighted by atomic mass is 32.2.